The van der Waals surface area contributed by atoms with Crippen LogP contribution in [0.2, 0.25) is 0 Å². The predicted molar refractivity (Wildman–Crippen MR) is 153 cm³/mol. The number of nitrogens with one attached hydrogen (secondary N) is 1. The molecule has 2 aliphatic heterocycles. The minimum Gasteiger partial charge on any atom is -0.394 e. The molecule has 2 unspecified atom stereocenters. The third-order valence-electron chi connectivity index (χ3n) is 8.74. The average molecular weight is 657 g/mol. The number of rotatable bonds is 15. The van der Waals surface area contributed by atoms with Crippen LogP contribution in [0.3, 0.4) is 0 Å². The van der Waals surface area contributed by atoms with E-state index in [1.54, 1.807) is 0 Å². The van der Waals surface area contributed by atoms with E-state index in [4.69, 9.17) is 47.6 Å². The summed E-state index contributed by atoms with van der Waals surface area (Å²) in [5.41, 5.74) is 29.0. The third-order valence-corrected chi connectivity index (χ3v) is 8.74. The second-order valence-corrected chi connectivity index (χ2v) is 12.0. The lowest BCUT2D eigenvalue weighted by molar-refractivity contribution is -0.324. The highest BCUT2D eigenvalue weighted by Crippen LogP contribution is 2.36. The van der Waals surface area contributed by atoms with Gasteiger partial charge in [-0.05, 0) is 25.3 Å². The summed E-state index contributed by atoms with van der Waals surface area (Å²) in [6, 6.07) is -3.42. The lowest BCUT2D eigenvalue weighted by Crippen LogP contribution is -2.68. The summed E-state index contributed by atoms with van der Waals surface area (Å²) >= 11 is 0. The summed E-state index contributed by atoms with van der Waals surface area (Å²) in [5.74, 6) is -1.52. The highest BCUT2D eigenvalue weighted by molar-refractivity contribution is 5.83. The number of ether oxygens (including phenoxy) is 4. The first-order valence-corrected chi connectivity index (χ1v) is 15.2. The number of nitrogens with two attached hydrogens (primary N) is 5. The largest absolute Gasteiger partial charge is 0.394 e. The van der Waals surface area contributed by atoms with Crippen LogP contribution in [0.15, 0.2) is 0 Å². The standard InChI is InChI=1S/C26H52N6O13/c27-2-1-10(34)7-32-17-21(40)19(38)14(6-29)42-25(17)45-24-11(30)3-9(4-12(35)13(36)5-28)23(22(24)41)44-26-20(39)16(31)18(37)15(8-33)43-26/h9-11,13-26,32-34,36-41H,1-8,27-31H2/t9-,10?,11-,13-,14+,15+,16-,17+,18+,19+,20+,21+,22+,23-,24?,25+,26+/m0/s1. The maximum absolute atomic E-state index is 12.7. The fraction of sp³-hybridized carbons (Fsp3) is 0.962. The van der Waals surface area contributed by atoms with Gasteiger partial charge < -0.3 is 93.8 Å². The van der Waals surface area contributed by atoms with Gasteiger partial charge in [0.05, 0.1) is 30.9 Å². The highest BCUT2D eigenvalue weighted by Gasteiger charge is 2.52. The number of hydrogen-bond acceptors (Lipinski definition) is 19. The number of carbonyl (C=O) groups is 1. The second-order valence-electron chi connectivity index (χ2n) is 12.0. The number of ketones is 1. The molecule has 0 aromatic rings. The molecule has 0 bridgehead atoms. The summed E-state index contributed by atoms with van der Waals surface area (Å²) in [4.78, 5) is 12.7. The zero-order valence-corrected chi connectivity index (χ0v) is 25.0. The van der Waals surface area contributed by atoms with Crippen LogP contribution < -0.4 is 34.0 Å². The van der Waals surface area contributed by atoms with E-state index >= 15 is 0 Å². The van der Waals surface area contributed by atoms with Crippen molar-refractivity contribution in [1.82, 2.24) is 5.32 Å². The maximum Gasteiger partial charge on any atom is 0.186 e. The molecular weight excluding hydrogens is 604 g/mol. The molecule has 17 atom stereocenters. The SMILES string of the molecule is NCCC(O)CN[C@H]1[C@@H](OC2[C@@H](N)C[C@@H](CC(=O)[C@@H](O)CN)[C@H](O[C@H]3O[C@H](CO)[C@@H](O)[C@H](N)[C@H]3O)[C@H]2O)O[C@H](CN)[C@@H](O)[C@@H]1O. The fourth-order valence-corrected chi connectivity index (χ4v) is 6.00. The first-order chi connectivity index (χ1) is 21.3. The van der Waals surface area contributed by atoms with Crippen LogP contribution >= 0.6 is 0 Å². The van der Waals surface area contributed by atoms with Crippen LogP contribution in [0.1, 0.15) is 19.3 Å². The van der Waals surface area contributed by atoms with Crippen molar-refractivity contribution in [2.45, 2.75) is 117 Å². The Morgan fingerprint density at radius 1 is 0.867 bits per heavy atom. The summed E-state index contributed by atoms with van der Waals surface area (Å²) in [6.07, 6.45) is -18.0. The third kappa shape index (κ3) is 9.10. The highest BCUT2D eigenvalue weighted by atomic mass is 16.7. The number of Topliss-reactive ketones (excluding diaryl/α,β-unsaturated/α-hetero) is 1. The minimum absolute atomic E-state index is 0.0259. The number of hydrogen-bond donors (Lipinski definition) is 14. The molecular formula is C26H52N6O13. The summed E-state index contributed by atoms with van der Waals surface area (Å²) < 4.78 is 23.5. The normalized spacial score (nSPS) is 44.0. The monoisotopic (exact) mass is 656 g/mol. The van der Waals surface area contributed by atoms with Crippen molar-refractivity contribution in [3.8, 4) is 0 Å². The lowest BCUT2D eigenvalue weighted by atomic mass is 9.76. The Bertz CT molecular complexity index is 913. The minimum atomic E-state index is -1.65. The van der Waals surface area contributed by atoms with E-state index in [0.717, 1.165) is 0 Å². The van der Waals surface area contributed by atoms with Crippen molar-refractivity contribution >= 4 is 5.78 Å². The van der Waals surface area contributed by atoms with Gasteiger partial charge in [-0.2, -0.15) is 0 Å². The Morgan fingerprint density at radius 3 is 2.11 bits per heavy atom. The second kappa shape index (κ2) is 17.4. The molecule has 19 nitrogen and oxygen atoms in total. The first-order valence-electron chi connectivity index (χ1n) is 15.2. The molecule has 3 rings (SSSR count). The Balaban J connectivity index is 1.88. The van der Waals surface area contributed by atoms with Gasteiger partial charge in [-0.15, -0.1) is 0 Å². The zero-order chi connectivity index (χ0) is 33.6. The molecule has 1 saturated carbocycles. The number of carbonyl (C=O) groups excluding carboxylic acids is 1. The molecule has 0 amide bonds. The van der Waals surface area contributed by atoms with E-state index in [9.17, 15) is 45.6 Å². The molecule has 3 aliphatic rings. The van der Waals surface area contributed by atoms with Crippen molar-refractivity contribution in [2.24, 2.45) is 34.6 Å². The van der Waals surface area contributed by atoms with Gasteiger partial charge in [0.25, 0.3) is 0 Å². The number of aliphatic hydroxyl groups is 8. The van der Waals surface area contributed by atoms with Gasteiger partial charge >= 0.3 is 0 Å². The van der Waals surface area contributed by atoms with E-state index in [1.165, 1.54) is 0 Å². The molecule has 19 N–H and O–H groups in total. The van der Waals surface area contributed by atoms with Crippen molar-refractivity contribution in [3.63, 3.8) is 0 Å². The maximum atomic E-state index is 12.7. The fourth-order valence-electron chi connectivity index (χ4n) is 6.00. The molecule has 19 heteroatoms. The van der Waals surface area contributed by atoms with E-state index in [0.29, 0.717) is 0 Å². The molecule has 264 valence electrons. The van der Waals surface area contributed by atoms with Gasteiger partial charge in [-0.1, -0.05) is 0 Å². The van der Waals surface area contributed by atoms with Crippen molar-refractivity contribution in [3.05, 3.63) is 0 Å². The van der Waals surface area contributed by atoms with Gasteiger partial charge in [-0.25, -0.2) is 0 Å². The van der Waals surface area contributed by atoms with Gasteiger partial charge in [0, 0.05) is 32.1 Å². The molecule has 2 saturated heterocycles. The van der Waals surface area contributed by atoms with Crippen LogP contribution in [0.5, 0.6) is 0 Å². The summed E-state index contributed by atoms with van der Waals surface area (Å²) in [6.45, 7) is -1.08. The Labute approximate surface area is 260 Å². The smallest absolute Gasteiger partial charge is 0.186 e. The molecule has 0 spiro atoms. The van der Waals surface area contributed by atoms with Crippen LogP contribution in [-0.4, -0.2) is 177 Å². The summed E-state index contributed by atoms with van der Waals surface area (Å²) in [7, 11) is 0. The van der Waals surface area contributed by atoms with Crippen molar-refractivity contribution < 1.29 is 64.6 Å². The van der Waals surface area contributed by atoms with E-state index in [-0.39, 0.29) is 45.4 Å². The lowest BCUT2D eigenvalue weighted by Gasteiger charge is -2.49. The molecule has 2 heterocycles. The van der Waals surface area contributed by atoms with Gasteiger partial charge in [-0.3, -0.25) is 4.79 Å². The quantitative estimate of drug-likeness (QED) is 0.0777. The van der Waals surface area contributed by atoms with E-state index < -0.39 is 116 Å². The Kier molecular flexibility index (Phi) is 14.8. The van der Waals surface area contributed by atoms with Crippen molar-refractivity contribution in [1.29, 1.82) is 0 Å². The molecule has 0 aromatic carbocycles. The Hall–Kier alpha value is -1.05. The van der Waals surface area contributed by atoms with Crippen LogP contribution in [0.25, 0.3) is 0 Å². The molecule has 0 aromatic heterocycles. The number of aliphatic hydroxyl groups excluding tert-OH is 8. The van der Waals surface area contributed by atoms with Gasteiger partial charge in [0.2, 0.25) is 0 Å². The Morgan fingerprint density at radius 2 is 1.51 bits per heavy atom. The first kappa shape index (κ1) is 38.4. The van der Waals surface area contributed by atoms with Gasteiger partial charge in [0.15, 0.2) is 18.4 Å². The predicted octanol–water partition coefficient (Wildman–Crippen LogP) is -8.42. The molecule has 1 aliphatic carbocycles. The van der Waals surface area contributed by atoms with E-state index in [1.807, 2.05) is 0 Å². The zero-order valence-electron chi connectivity index (χ0n) is 25.0. The molecule has 45 heavy (non-hydrogen) atoms. The van der Waals surface area contributed by atoms with Crippen LogP contribution in [0, 0.1) is 5.92 Å². The molecule has 3 fully saturated rings. The summed E-state index contributed by atoms with van der Waals surface area (Å²) in [5, 5.41) is 86.7. The van der Waals surface area contributed by atoms with Gasteiger partial charge in [0.1, 0.15) is 54.9 Å². The van der Waals surface area contributed by atoms with Crippen molar-refractivity contribution in [2.75, 3.05) is 32.8 Å². The average Bonchev–Trinajstić information content (AvgIpc) is 3.01. The van der Waals surface area contributed by atoms with Crippen LogP contribution in [0.4, 0.5) is 0 Å². The van der Waals surface area contributed by atoms with Crippen LogP contribution in [-0.2, 0) is 23.7 Å². The van der Waals surface area contributed by atoms with E-state index in [2.05, 4.69) is 5.32 Å². The topological polar surface area (TPSA) is 358 Å². The molecule has 0 radical (unpaired) electrons.